The Bertz CT molecular complexity index is 1100. The minimum atomic E-state index is -0.240. The number of fused-ring (bicyclic) bond motifs is 3. The molecule has 6 nitrogen and oxygen atoms in total. The predicted molar refractivity (Wildman–Crippen MR) is 109 cm³/mol. The van der Waals surface area contributed by atoms with Crippen molar-refractivity contribution in [2.24, 2.45) is 9.98 Å². The monoisotopic (exact) mass is 391 g/mol. The van der Waals surface area contributed by atoms with Gasteiger partial charge in [0, 0.05) is 16.1 Å². The fourth-order valence-electron chi connectivity index (χ4n) is 3.69. The van der Waals surface area contributed by atoms with Crippen LogP contribution in [-0.4, -0.2) is 39.5 Å². The molecule has 0 aliphatic carbocycles. The van der Waals surface area contributed by atoms with E-state index in [1.807, 2.05) is 43.3 Å². The molecule has 2 aliphatic heterocycles. The van der Waals surface area contributed by atoms with Crippen LogP contribution in [0, 0.1) is 6.92 Å². The molecule has 0 amide bonds. The Balaban J connectivity index is 1.72. The van der Waals surface area contributed by atoms with Crippen molar-refractivity contribution in [1.82, 2.24) is 14.8 Å². The zero-order chi connectivity index (χ0) is 19.1. The normalized spacial score (nSPS) is 17.9. The van der Waals surface area contributed by atoms with Gasteiger partial charge >= 0.3 is 0 Å². The maximum absolute atomic E-state index is 6.11. The molecular formula is C21H18ClN5O. The number of halogens is 1. The minimum absolute atomic E-state index is 0.240. The van der Waals surface area contributed by atoms with Crippen molar-refractivity contribution in [3.63, 3.8) is 0 Å². The van der Waals surface area contributed by atoms with E-state index < -0.39 is 0 Å². The third-order valence-electron chi connectivity index (χ3n) is 4.97. The summed E-state index contributed by atoms with van der Waals surface area (Å²) >= 11 is 6.11. The number of aromatic nitrogens is 3. The summed E-state index contributed by atoms with van der Waals surface area (Å²) in [6, 6.07) is 15.7. The third kappa shape index (κ3) is 2.90. The van der Waals surface area contributed by atoms with Gasteiger partial charge in [0.2, 0.25) is 0 Å². The fraction of sp³-hybridized carbons (Fsp3) is 0.238. The highest BCUT2D eigenvalue weighted by molar-refractivity contribution is 6.30. The molecule has 1 unspecified atom stereocenters. The smallest absolute Gasteiger partial charge is 0.186 e. The molecule has 3 aromatic rings. The number of para-hydroxylation sites is 1. The molecule has 0 saturated carbocycles. The molecule has 28 heavy (non-hydrogen) atoms. The Kier molecular flexibility index (Phi) is 4.20. The van der Waals surface area contributed by atoms with Gasteiger partial charge in [-0.15, -0.1) is 10.2 Å². The quantitative estimate of drug-likeness (QED) is 0.679. The van der Waals surface area contributed by atoms with E-state index in [9.17, 15) is 0 Å². The highest BCUT2D eigenvalue weighted by Gasteiger charge is 2.29. The van der Waals surface area contributed by atoms with Gasteiger partial charge in [0.05, 0.1) is 24.4 Å². The molecular weight excluding hydrogens is 374 g/mol. The SMILES string of the molecule is Cc1nnc2n1-c1ccccc1C(c1ccc(Cl)cc1)=NC2CC1=NCCO1. The van der Waals surface area contributed by atoms with E-state index in [1.54, 1.807) is 0 Å². The maximum atomic E-state index is 6.11. The second kappa shape index (κ2) is 6.87. The summed E-state index contributed by atoms with van der Waals surface area (Å²) < 4.78 is 7.74. The Morgan fingerprint density at radius 1 is 1.11 bits per heavy atom. The van der Waals surface area contributed by atoms with Gasteiger partial charge in [-0.1, -0.05) is 41.9 Å². The number of ether oxygens (including phenoxy) is 1. The van der Waals surface area contributed by atoms with Gasteiger partial charge in [-0.25, -0.2) is 0 Å². The van der Waals surface area contributed by atoms with E-state index in [0.29, 0.717) is 24.6 Å². The molecule has 0 fully saturated rings. The molecule has 0 bridgehead atoms. The second-order valence-corrected chi connectivity index (χ2v) is 7.22. The van der Waals surface area contributed by atoms with Crippen LogP contribution in [0.5, 0.6) is 0 Å². The summed E-state index contributed by atoms with van der Waals surface area (Å²) in [5, 5.41) is 9.47. The second-order valence-electron chi connectivity index (χ2n) is 6.79. The van der Waals surface area contributed by atoms with Crippen molar-refractivity contribution in [3.05, 3.63) is 76.3 Å². The molecule has 7 heteroatoms. The fourth-order valence-corrected chi connectivity index (χ4v) is 3.81. The number of nitrogens with zero attached hydrogens (tertiary/aromatic N) is 5. The van der Waals surface area contributed by atoms with E-state index in [1.165, 1.54) is 0 Å². The van der Waals surface area contributed by atoms with Crippen LogP contribution < -0.4 is 0 Å². The van der Waals surface area contributed by atoms with Crippen LogP contribution in [0.4, 0.5) is 0 Å². The lowest BCUT2D eigenvalue weighted by molar-refractivity contribution is 0.334. The average Bonchev–Trinajstić information content (AvgIpc) is 3.32. The maximum Gasteiger partial charge on any atom is 0.186 e. The van der Waals surface area contributed by atoms with Gasteiger partial charge in [0.1, 0.15) is 18.5 Å². The zero-order valence-electron chi connectivity index (χ0n) is 15.3. The van der Waals surface area contributed by atoms with Gasteiger partial charge in [-0.05, 0) is 25.1 Å². The van der Waals surface area contributed by atoms with Gasteiger partial charge in [0.25, 0.3) is 0 Å². The molecule has 0 saturated heterocycles. The third-order valence-corrected chi connectivity index (χ3v) is 5.22. The first-order valence-corrected chi connectivity index (χ1v) is 9.60. The van der Waals surface area contributed by atoms with Crippen LogP contribution in [0.3, 0.4) is 0 Å². The molecule has 0 N–H and O–H groups in total. The number of hydrogen-bond acceptors (Lipinski definition) is 5. The first kappa shape index (κ1) is 17.1. The molecule has 2 aromatic carbocycles. The summed E-state index contributed by atoms with van der Waals surface area (Å²) in [4.78, 5) is 9.57. The summed E-state index contributed by atoms with van der Waals surface area (Å²) in [6.07, 6.45) is 0.559. The van der Waals surface area contributed by atoms with Crippen LogP contribution in [0.2, 0.25) is 5.02 Å². The van der Waals surface area contributed by atoms with Crippen LogP contribution in [0.1, 0.15) is 35.2 Å². The van der Waals surface area contributed by atoms with Crippen LogP contribution >= 0.6 is 11.6 Å². The Morgan fingerprint density at radius 3 is 2.71 bits per heavy atom. The van der Waals surface area contributed by atoms with Crippen molar-refractivity contribution >= 4 is 23.2 Å². The first-order valence-electron chi connectivity index (χ1n) is 9.22. The number of hydrogen-bond donors (Lipinski definition) is 0. The van der Waals surface area contributed by atoms with Crippen molar-refractivity contribution < 1.29 is 4.74 Å². The van der Waals surface area contributed by atoms with Crippen LogP contribution in [-0.2, 0) is 4.74 Å². The van der Waals surface area contributed by atoms with E-state index in [0.717, 1.165) is 40.1 Å². The standard InChI is InChI=1S/C21H18ClN5O/c1-13-25-26-21-17(12-19-23-10-11-28-19)24-20(14-6-8-15(22)9-7-14)16-4-2-3-5-18(16)27(13)21/h2-9,17H,10-12H2,1H3. The van der Waals surface area contributed by atoms with Crippen LogP contribution in [0.25, 0.3) is 5.69 Å². The van der Waals surface area contributed by atoms with Gasteiger partial charge in [0.15, 0.2) is 11.7 Å². The lowest BCUT2D eigenvalue weighted by atomic mass is 10.0. The lowest BCUT2D eigenvalue weighted by Gasteiger charge is -2.12. The van der Waals surface area contributed by atoms with Gasteiger partial charge < -0.3 is 4.74 Å². The molecule has 0 radical (unpaired) electrons. The molecule has 2 aliphatic rings. The Labute approximate surface area is 167 Å². The summed E-state index contributed by atoms with van der Waals surface area (Å²) in [5.74, 6) is 2.35. The molecule has 3 heterocycles. The molecule has 5 rings (SSSR count). The molecule has 0 spiro atoms. The van der Waals surface area contributed by atoms with Gasteiger partial charge in [-0.3, -0.25) is 14.6 Å². The largest absolute Gasteiger partial charge is 0.479 e. The van der Waals surface area contributed by atoms with E-state index in [4.69, 9.17) is 21.3 Å². The number of benzene rings is 2. The van der Waals surface area contributed by atoms with E-state index >= 15 is 0 Å². The predicted octanol–water partition coefficient (Wildman–Crippen LogP) is 3.94. The minimum Gasteiger partial charge on any atom is -0.479 e. The van der Waals surface area contributed by atoms with Crippen LogP contribution in [0.15, 0.2) is 58.5 Å². The van der Waals surface area contributed by atoms with Gasteiger partial charge in [-0.2, -0.15) is 0 Å². The highest BCUT2D eigenvalue weighted by Crippen LogP contribution is 2.33. The lowest BCUT2D eigenvalue weighted by Crippen LogP contribution is -2.11. The van der Waals surface area contributed by atoms with Crippen molar-refractivity contribution in [1.29, 1.82) is 0 Å². The Morgan fingerprint density at radius 2 is 1.93 bits per heavy atom. The first-order chi connectivity index (χ1) is 13.7. The summed E-state index contributed by atoms with van der Waals surface area (Å²) in [7, 11) is 0. The van der Waals surface area contributed by atoms with Crippen molar-refractivity contribution in [3.8, 4) is 5.69 Å². The van der Waals surface area contributed by atoms with E-state index in [2.05, 4.69) is 31.9 Å². The summed E-state index contributed by atoms with van der Waals surface area (Å²) in [5.41, 5.74) is 3.96. The van der Waals surface area contributed by atoms with Crippen molar-refractivity contribution in [2.45, 2.75) is 19.4 Å². The summed E-state index contributed by atoms with van der Waals surface area (Å²) in [6.45, 7) is 3.28. The average molecular weight is 392 g/mol. The molecule has 1 aromatic heterocycles. The molecule has 1 atom stereocenters. The highest BCUT2D eigenvalue weighted by atomic mass is 35.5. The zero-order valence-corrected chi connectivity index (χ0v) is 16.1. The molecule has 140 valence electrons. The van der Waals surface area contributed by atoms with Crippen molar-refractivity contribution in [2.75, 3.05) is 13.2 Å². The Hall–Kier alpha value is -2.99. The number of aryl methyl sites for hydroxylation is 1. The number of rotatable bonds is 3. The topological polar surface area (TPSA) is 64.7 Å². The van der Waals surface area contributed by atoms with E-state index in [-0.39, 0.29) is 6.04 Å². The number of aliphatic imine (C=N–C) groups is 2.